The summed E-state index contributed by atoms with van der Waals surface area (Å²) in [5, 5.41) is 14.1. The number of piperidine rings is 1. The van der Waals surface area contributed by atoms with Crippen LogP contribution in [0, 0.1) is 6.92 Å². The highest BCUT2D eigenvalue weighted by atomic mass is 32.2. The molecule has 4 aromatic rings. The lowest BCUT2D eigenvalue weighted by Gasteiger charge is -2.27. The van der Waals surface area contributed by atoms with Crippen LogP contribution in [0.4, 0.5) is 5.95 Å². The molecule has 0 bridgehead atoms. The van der Waals surface area contributed by atoms with E-state index in [-0.39, 0.29) is 0 Å². The van der Waals surface area contributed by atoms with E-state index in [9.17, 15) is 0 Å². The Morgan fingerprint density at radius 1 is 0.938 bits per heavy atom. The second-order valence-electron chi connectivity index (χ2n) is 8.06. The van der Waals surface area contributed by atoms with Crippen molar-refractivity contribution in [2.75, 3.05) is 18.0 Å². The van der Waals surface area contributed by atoms with Crippen molar-refractivity contribution in [3.05, 3.63) is 77.4 Å². The van der Waals surface area contributed by atoms with Crippen LogP contribution in [-0.2, 0) is 12.2 Å². The number of benzene rings is 2. The largest absolute Gasteiger partial charge is 0.341 e. The summed E-state index contributed by atoms with van der Waals surface area (Å²) in [5.74, 6) is 2.75. The molecule has 0 unspecified atom stereocenters. The number of nitrogens with zero attached hydrogens (tertiary/aromatic N) is 6. The van der Waals surface area contributed by atoms with Gasteiger partial charge in [0.25, 0.3) is 0 Å². The van der Waals surface area contributed by atoms with Crippen LogP contribution in [0.15, 0.2) is 64.3 Å². The van der Waals surface area contributed by atoms with Crippen molar-refractivity contribution < 1.29 is 4.52 Å². The maximum absolute atomic E-state index is 5.49. The molecule has 0 N–H and O–H groups in total. The Labute approximate surface area is 191 Å². The van der Waals surface area contributed by atoms with Crippen molar-refractivity contribution in [2.45, 2.75) is 43.5 Å². The fourth-order valence-corrected chi connectivity index (χ4v) is 4.68. The molecule has 32 heavy (non-hydrogen) atoms. The zero-order chi connectivity index (χ0) is 21.8. The van der Waals surface area contributed by atoms with Crippen LogP contribution in [-0.4, -0.2) is 38.0 Å². The van der Waals surface area contributed by atoms with Crippen molar-refractivity contribution in [2.24, 2.45) is 0 Å². The van der Waals surface area contributed by atoms with E-state index < -0.39 is 0 Å². The Balaban J connectivity index is 1.35. The minimum atomic E-state index is 0.547. The second kappa shape index (κ2) is 9.56. The lowest BCUT2D eigenvalue weighted by atomic mass is 10.1. The molecule has 1 aliphatic heterocycles. The summed E-state index contributed by atoms with van der Waals surface area (Å²) in [4.78, 5) is 6.90. The topological polar surface area (TPSA) is 72.9 Å². The molecule has 164 valence electrons. The molecule has 0 amide bonds. The van der Waals surface area contributed by atoms with Crippen LogP contribution in [0.2, 0.25) is 0 Å². The molecule has 0 saturated carbocycles. The molecule has 2 aromatic heterocycles. The molecular formula is C24H26N6OS. The summed E-state index contributed by atoms with van der Waals surface area (Å²) in [6.07, 6.45) is 4.32. The van der Waals surface area contributed by atoms with Crippen molar-refractivity contribution in [3.8, 4) is 5.69 Å². The zero-order valence-corrected chi connectivity index (χ0v) is 19.0. The molecule has 0 aliphatic carbocycles. The van der Waals surface area contributed by atoms with Gasteiger partial charge >= 0.3 is 0 Å². The number of hydrogen-bond donors (Lipinski definition) is 0. The summed E-state index contributed by atoms with van der Waals surface area (Å²) < 4.78 is 7.64. The Hall–Kier alpha value is -3.13. The van der Waals surface area contributed by atoms with E-state index in [0.717, 1.165) is 35.4 Å². The van der Waals surface area contributed by atoms with Gasteiger partial charge in [-0.1, -0.05) is 64.9 Å². The van der Waals surface area contributed by atoms with Gasteiger partial charge in [-0.25, -0.2) is 0 Å². The summed E-state index contributed by atoms with van der Waals surface area (Å²) >= 11 is 1.57. The number of thioether (sulfide) groups is 1. The first kappa shape index (κ1) is 20.8. The molecule has 7 nitrogen and oxygen atoms in total. The molecule has 0 atom stereocenters. The van der Waals surface area contributed by atoms with Crippen molar-refractivity contribution in [3.63, 3.8) is 0 Å². The quantitative estimate of drug-likeness (QED) is 0.376. The van der Waals surface area contributed by atoms with Crippen molar-refractivity contribution in [1.82, 2.24) is 24.9 Å². The Morgan fingerprint density at radius 3 is 2.50 bits per heavy atom. The lowest BCUT2D eigenvalue weighted by Crippen LogP contribution is -2.31. The van der Waals surface area contributed by atoms with E-state index in [1.165, 1.54) is 24.8 Å². The maximum atomic E-state index is 5.49. The average Bonchev–Trinajstić information content (AvgIpc) is 3.46. The fourth-order valence-electron chi connectivity index (χ4n) is 3.90. The molecule has 1 fully saturated rings. The number of hydrogen-bond acceptors (Lipinski definition) is 7. The van der Waals surface area contributed by atoms with E-state index in [4.69, 9.17) is 4.52 Å². The molecule has 1 aliphatic rings. The minimum Gasteiger partial charge on any atom is -0.341 e. The van der Waals surface area contributed by atoms with Crippen LogP contribution < -0.4 is 4.90 Å². The number of anilines is 1. The summed E-state index contributed by atoms with van der Waals surface area (Å²) in [6, 6.07) is 18.7. The molecule has 0 spiro atoms. The molecule has 8 heteroatoms. The number of rotatable bonds is 7. The summed E-state index contributed by atoms with van der Waals surface area (Å²) in [7, 11) is 0. The normalized spacial score (nSPS) is 14.1. The number of aryl methyl sites for hydroxylation is 1. The predicted molar refractivity (Wildman–Crippen MR) is 125 cm³/mol. The highest BCUT2D eigenvalue weighted by Crippen LogP contribution is 2.30. The Bertz CT molecular complexity index is 1150. The van der Waals surface area contributed by atoms with E-state index in [2.05, 4.69) is 73.1 Å². The van der Waals surface area contributed by atoms with Crippen LogP contribution >= 0.6 is 11.8 Å². The van der Waals surface area contributed by atoms with E-state index in [1.807, 2.05) is 18.2 Å². The van der Waals surface area contributed by atoms with Gasteiger partial charge in [0, 0.05) is 19.5 Å². The third-order valence-corrected chi connectivity index (χ3v) is 6.50. The van der Waals surface area contributed by atoms with Gasteiger partial charge in [-0.3, -0.25) is 4.57 Å². The van der Waals surface area contributed by atoms with Gasteiger partial charge < -0.3 is 9.42 Å². The Kier molecular flexibility index (Phi) is 6.20. The smallest absolute Gasteiger partial charge is 0.237 e. The van der Waals surface area contributed by atoms with Gasteiger partial charge in [0.05, 0.1) is 11.4 Å². The molecule has 1 saturated heterocycles. The molecule has 3 heterocycles. The zero-order valence-electron chi connectivity index (χ0n) is 18.1. The van der Waals surface area contributed by atoms with Gasteiger partial charge in [0.1, 0.15) is 0 Å². The standard InChI is InChI=1S/C24H26N6OS/c1-18-10-12-20(13-11-18)30-23(29-14-6-3-7-15-29)26-27-24(30)32-17-22-25-21(28-31-22)16-19-8-4-2-5-9-19/h2,4-5,8-13H,3,6-7,14-17H2,1H3. The average molecular weight is 447 g/mol. The molecule has 0 radical (unpaired) electrons. The van der Waals surface area contributed by atoms with E-state index in [0.29, 0.717) is 23.9 Å². The second-order valence-corrected chi connectivity index (χ2v) is 9.00. The Morgan fingerprint density at radius 2 is 1.72 bits per heavy atom. The van der Waals surface area contributed by atoms with Gasteiger partial charge in [0.15, 0.2) is 11.0 Å². The van der Waals surface area contributed by atoms with E-state index in [1.54, 1.807) is 11.8 Å². The van der Waals surface area contributed by atoms with Gasteiger partial charge in [-0.15, -0.1) is 10.2 Å². The van der Waals surface area contributed by atoms with E-state index >= 15 is 0 Å². The minimum absolute atomic E-state index is 0.547. The molecular weight excluding hydrogens is 420 g/mol. The summed E-state index contributed by atoms with van der Waals surface area (Å²) in [5.41, 5.74) is 3.46. The highest BCUT2D eigenvalue weighted by Gasteiger charge is 2.22. The first-order valence-corrected chi connectivity index (χ1v) is 12.0. The SMILES string of the molecule is Cc1ccc(-n2c(SCc3nc(Cc4ccccc4)no3)nnc2N2CCCCC2)cc1. The highest BCUT2D eigenvalue weighted by molar-refractivity contribution is 7.98. The van der Waals surface area contributed by atoms with Crippen LogP contribution in [0.5, 0.6) is 0 Å². The van der Waals surface area contributed by atoms with Crippen LogP contribution in [0.25, 0.3) is 5.69 Å². The van der Waals surface area contributed by atoms with Crippen molar-refractivity contribution >= 4 is 17.7 Å². The molecule has 5 rings (SSSR count). The monoisotopic (exact) mass is 446 g/mol. The summed E-state index contributed by atoms with van der Waals surface area (Å²) in [6.45, 7) is 4.13. The number of aromatic nitrogens is 5. The van der Waals surface area contributed by atoms with Crippen LogP contribution in [0.3, 0.4) is 0 Å². The third-order valence-electron chi connectivity index (χ3n) is 5.59. The van der Waals surface area contributed by atoms with Gasteiger partial charge in [0.2, 0.25) is 11.8 Å². The van der Waals surface area contributed by atoms with Gasteiger partial charge in [-0.2, -0.15) is 4.98 Å². The van der Waals surface area contributed by atoms with Gasteiger partial charge in [-0.05, 0) is 43.9 Å². The lowest BCUT2D eigenvalue weighted by molar-refractivity contribution is 0.385. The molecule has 2 aromatic carbocycles. The maximum Gasteiger partial charge on any atom is 0.237 e. The first-order chi connectivity index (χ1) is 15.8. The van der Waals surface area contributed by atoms with Crippen molar-refractivity contribution in [1.29, 1.82) is 0 Å². The fraction of sp³-hybridized carbons (Fsp3) is 0.333. The third kappa shape index (κ3) is 4.70. The predicted octanol–water partition coefficient (Wildman–Crippen LogP) is 4.83. The first-order valence-electron chi connectivity index (χ1n) is 11.0. The van der Waals surface area contributed by atoms with Crippen LogP contribution in [0.1, 0.15) is 42.1 Å².